The lowest BCUT2D eigenvalue weighted by Gasteiger charge is -2.18. The minimum absolute atomic E-state index is 0.0323. The van der Waals surface area contributed by atoms with E-state index in [1.54, 1.807) is 32.2 Å². The van der Waals surface area contributed by atoms with E-state index in [0.29, 0.717) is 12.1 Å². The molecular weight excluding hydrogens is 448 g/mol. The molecule has 8 heteroatoms. The Bertz CT molecular complexity index is 1210. The summed E-state index contributed by atoms with van der Waals surface area (Å²) in [6.07, 6.45) is 0.658. The lowest BCUT2D eigenvalue weighted by atomic mass is 10.0. The maximum atomic E-state index is 13.0. The van der Waals surface area contributed by atoms with Crippen LogP contribution in [0.15, 0.2) is 71.6 Å². The molecule has 0 aromatic heterocycles. The summed E-state index contributed by atoms with van der Waals surface area (Å²) in [6.45, 7) is 3.76. The van der Waals surface area contributed by atoms with Gasteiger partial charge in [-0.3, -0.25) is 9.52 Å². The molecule has 3 aromatic rings. The molecule has 0 aliphatic rings. The number of methoxy groups -OCH3 is 1. The Morgan fingerprint density at radius 1 is 1.06 bits per heavy atom. The summed E-state index contributed by atoms with van der Waals surface area (Å²) in [5.41, 5.74) is 2.34. The number of amides is 1. The summed E-state index contributed by atoms with van der Waals surface area (Å²) in [5.74, 6) is 0.334. The van der Waals surface area contributed by atoms with Gasteiger partial charge in [-0.05, 0) is 60.9 Å². The highest BCUT2D eigenvalue weighted by atomic mass is 35.5. The number of anilines is 1. The number of halogens is 1. The summed E-state index contributed by atoms with van der Waals surface area (Å²) in [7, 11) is -2.40. The van der Waals surface area contributed by atoms with Crippen molar-refractivity contribution in [1.82, 2.24) is 5.32 Å². The van der Waals surface area contributed by atoms with E-state index in [1.165, 1.54) is 18.2 Å². The highest BCUT2D eigenvalue weighted by Crippen LogP contribution is 2.27. The zero-order valence-corrected chi connectivity index (χ0v) is 19.6. The molecule has 0 radical (unpaired) electrons. The lowest BCUT2D eigenvalue weighted by Crippen LogP contribution is -2.28. The fraction of sp³-hybridized carbons (Fsp3) is 0.208. The summed E-state index contributed by atoms with van der Waals surface area (Å²) in [6, 6.07) is 18.4. The minimum Gasteiger partial charge on any atom is -0.497 e. The topological polar surface area (TPSA) is 84.5 Å². The smallest absolute Gasteiger partial charge is 0.263 e. The molecule has 1 unspecified atom stereocenters. The van der Waals surface area contributed by atoms with Crippen LogP contribution in [0.2, 0.25) is 5.02 Å². The van der Waals surface area contributed by atoms with Crippen molar-refractivity contribution in [3.63, 3.8) is 0 Å². The summed E-state index contributed by atoms with van der Waals surface area (Å²) < 4.78 is 33.7. The van der Waals surface area contributed by atoms with E-state index in [1.807, 2.05) is 37.3 Å². The van der Waals surface area contributed by atoms with Gasteiger partial charge < -0.3 is 10.1 Å². The summed E-state index contributed by atoms with van der Waals surface area (Å²) in [4.78, 5) is 12.8. The summed E-state index contributed by atoms with van der Waals surface area (Å²) in [5, 5.41) is 2.99. The van der Waals surface area contributed by atoms with Crippen molar-refractivity contribution in [3.8, 4) is 5.75 Å². The molecular formula is C24H25ClN2O4S. The van der Waals surface area contributed by atoms with E-state index in [4.69, 9.17) is 16.3 Å². The van der Waals surface area contributed by atoms with E-state index < -0.39 is 15.9 Å². The number of para-hydroxylation sites is 1. The quantitative estimate of drug-likeness (QED) is 0.463. The molecule has 3 rings (SSSR count). The Balaban J connectivity index is 1.85. The van der Waals surface area contributed by atoms with Crippen LogP contribution in [0.4, 0.5) is 5.69 Å². The number of hydrogen-bond donors (Lipinski definition) is 2. The van der Waals surface area contributed by atoms with E-state index in [0.717, 1.165) is 16.9 Å². The molecule has 168 valence electrons. The van der Waals surface area contributed by atoms with Gasteiger partial charge in [-0.1, -0.05) is 48.9 Å². The SMILES string of the molecule is CCC(NC(=O)c1ccc(Cl)c(S(=O)(=O)Nc2ccccc2C)c1)c1ccc(OC)cc1. The van der Waals surface area contributed by atoms with Crippen molar-refractivity contribution in [1.29, 1.82) is 0 Å². The van der Waals surface area contributed by atoms with Crippen LogP contribution in [-0.2, 0) is 10.0 Å². The molecule has 0 heterocycles. The predicted molar refractivity (Wildman–Crippen MR) is 127 cm³/mol. The summed E-state index contributed by atoms with van der Waals surface area (Å²) >= 11 is 6.19. The third kappa shape index (κ3) is 5.41. The number of ether oxygens (including phenoxy) is 1. The molecule has 1 amide bonds. The average molecular weight is 473 g/mol. The molecule has 2 N–H and O–H groups in total. The van der Waals surface area contributed by atoms with Gasteiger partial charge in [0.25, 0.3) is 15.9 Å². The molecule has 3 aromatic carbocycles. The van der Waals surface area contributed by atoms with Crippen molar-refractivity contribution < 1.29 is 17.9 Å². The monoisotopic (exact) mass is 472 g/mol. The Morgan fingerprint density at radius 2 is 1.75 bits per heavy atom. The van der Waals surface area contributed by atoms with Crippen LogP contribution in [0, 0.1) is 6.92 Å². The number of aryl methyl sites for hydroxylation is 1. The first-order valence-corrected chi connectivity index (χ1v) is 11.9. The molecule has 0 fully saturated rings. The fourth-order valence-corrected chi connectivity index (χ4v) is 4.89. The number of sulfonamides is 1. The number of hydrogen-bond acceptors (Lipinski definition) is 4. The number of benzene rings is 3. The van der Waals surface area contributed by atoms with Gasteiger partial charge in [0.15, 0.2) is 0 Å². The van der Waals surface area contributed by atoms with Gasteiger partial charge in [0.1, 0.15) is 10.6 Å². The van der Waals surface area contributed by atoms with Gasteiger partial charge in [0.2, 0.25) is 0 Å². The number of rotatable bonds is 8. The van der Waals surface area contributed by atoms with Gasteiger partial charge in [-0.2, -0.15) is 0 Å². The van der Waals surface area contributed by atoms with Gasteiger partial charge in [-0.15, -0.1) is 0 Å². The fourth-order valence-electron chi connectivity index (χ4n) is 3.24. The third-order valence-electron chi connectivity index (χ3n) is 5.10. The predicted octanol–water partition coefficient (Wildman–Crippen LogP) is 5.34. The zero-order valence-electron chi connectivity index (χ0n) is 18.1. The van der Waals surface area contributed by atoms with Crippen LogP contribution < -0.4 is 14.8 Å². The second-order valence-electron chi connectivity index (χ2n) is 7.27. The third-order valence-corrected chi connectivity index (χ3v) is 6.95. The highest BCUT2D eigenvalue weighted by molar-refractivity contribution is 7.92. The first kappa shape index (κ1) is 23.6. The highest BCUT2D eigenvalue weighted by Gasteiger charge is 2.22. The number of carbonyl (C=O) groups is 1. The normalized spacial score (nSPS) is 12.1. The second kappa shape index (κ2) is 10.1. The first-order chi connectivity index (χ1) is 15.2. The molecule has 0 saturated heterocycles. The van der Waals surface area contributed by atoms with Crippen LogP contribution in [-0.4, -0.2) is 21.4 Å². The first-order valence-electron chi connectivity index (χ1n) is 10.1. The average Bonchev–Trinajstić information content (AvgIpc) is 2.79. The van der Waals surface area contributed by atoms with Crippen molar-refractivity contribution in [2.75, 3.05) is 11.8 Å². The molecule has 0 spiro atoms. The van der Waals surface area contributed by atoms with Crippen molar-refractivity contribution >= 4 is 33.2 Å². The van der Waals surface area contributed by atoms with Gasteiger partial charge in [-0.25, -0.2) is 8.42 Å². The molecule has 6 nitrogen and oxygen atoms in total. The minimum atomic E-state index is -3.99. The molecule has 32 heavy (non-hydrogen) atoms. The van der Waals surface area contributed by atoms with Crippen LogP contribution >= 0.6 is 11.6 Å². The maximum absolute atomic E-state index is 13.0. The van der Waals surface area contributed by atoms with Gasteiger partial charge in [0.05, 0.1) is 23.9 Å². The maximum Gasteiger partial charge on any atom is 0.263 e. The van der Waals surface area contributed by atoms with Crippen LogP contribution in [0.3, 0.4) is 0 Å². The molecule has 0 aliphatic carbocycles. The van der Waals surface area contributed by atoms with Crippen molar-refractivity contribution in [3.05, 3.63) is 88.4 Å². The Labute approximate surface area is 193 Å². The van der Waals surface area contributed by atoms with Crippen LogP contribution in [0.5, 0.6) is 5.75 Å². The number of carbonyl (C=O) groups excluding carboxylic acids is 1. The number of nitrogens with one attached hydrogen (secondary N) is 2. The molecule has 0 bridgehead atoms. The molecule has 0 aliphatic heterocycles. The zero-order chi connectivity index (χ0) is 23.3. The Hall–Kier alpha value is -3.03. The van der Waals surface area contributed by atoms with Gasteiger partial charge in [0, 0.05) is 5.56 Å². The van der Waals surface area contributed by atoms with Crippen LogP contribution in [0.25, 0.3) is 0 Å². The lowest BCUT2D eigenvalue weighted by molar-refractivity contribution is 0.0935. The molecule has 1 atom stereocenters. The van der Waals surface area contributed by atoms with E-state index in [2.05, 4.69) is 10.0 Å². The standard InChI is InChI=1S/C24H25ClN2O4S/c1-4-21(17-9-12-19(31-3)13-10-17)26-24(28)18-11-14-20(25)23(15-18)32(29,30)27-22-8-6-5-7-16(22)2/h5-15,21,27H,4H2,1-3H3,(H,26,28). The van der Waals surface area contributed by atoms with E-state index >= 15 is 0 Å². The van der Waals surface area contributed by atoms with Crippen molar-refractivity contribution in [2.45, 2.75) is 31.2 Å². The van der Waals surface area contributed by atoms with Crippen molar-refractivity contribution in [2.24, 2.45) is 0 Å². The Morgan fingerprint density at radius 3 is 2.38 bits per heavy atom. The second-order valence-corrected chi connectivity index (χ2v) is 9.33. The van der Waals surface area contributed by atoms with E-state index in [-0.39, 0.29) is 21.5 Å². The Kier molecular flexibility index (Phi) is 7.43. The van der Waals surface area contributed by atoms with Gasteiger partial charge >= 0.3 is 0 Å². The van der Waals surface area contributed by atoms with Crippen LogP contribution in [0.1, 0.15) is 40.9 Å². The van der Waals surface area contributed by atoms with E-state index in [9.17, 15) is 13.2 Å². The largest absolute Gasteiger partial charge is 0.497 e. The molecule has 0 saturated carbocycles.